The summed E-state index contributed by atoms with van der Waals surface area (Å²) >= 11 is 0. The number of hydrogen-bond donors (Lipinski definition) is 0. The minimum absolute atomic E-state index is 0.512. The van der Waals surface area contributed by atoms with Crippen molar-refractivity contribution >= 4 is 6.16 Å². The van der Waals surface area contributed by atoms with Gasteiger partial charge in [-0.05, 0) is 49.6 Å². The van der Waals surface area contributed by atoms with Gasteiger partial charge in [0.1, 0.15) is 11.5 Å². The third-order valence-electron chi connectivity index (χ3n) is 3.04. The molecule has 0 aliphatic rings. The smallest absolute Gasteiger partial charge is 0.394 e. The maximum absolute atomic E-state index is 11.8. The summed E-state index contributed by atoms with van der Waals surface area (Å²) in [5, 5.41) is 0. The van der Waals surface area contributed by atoms with Crippen LogP contribution < -0.4 is 9.47 Å². The molecule has 0 atom stereocenters. The molecule has 0 aliphatic heterocycles. The van der Waals surface area contributed by atoms with Gasteiger partial charge < -0.3 is 9.47 Å². The molecule has 0 saturated heterocycles. The standard InChI is InChI=1S/C16H16O3/c1-11-8-6-10-15(13(11)3)19-16(17)18-14-9-5-4-7-12(14)2/h4-10H,1-3H3. The summed E-state index contributed by atoms with van der Waals surface area (Å²) in [5.41, 5.74) is 2.89. The maximum atomic E-state index is 11.8. The Kier molecular flexibility index (Phi) is 3.85. The van der Waals surface area contributed by atoms with Crippen LogP contribution in [0, 0.1) is 20.8 Å². The Bertz CT molecular complexity index is 603. The highest BCUT2D eigenvalue weighted by Gasteiger charge is 2.11. The topological polar surface area (TPSA) is 35.5 Å². The van der Waals surface area contributed by atoms with Crippen LogP contribution in [0.5, 0.6) is 11.5 Å². The van der Waals surface area contributed by atoms with E-state index in [1.807, 2.05) is 51.1 Å². The van der Waals surface area contributed by atoms with Crippen molar-refractivity contribution in [1.82, 2.24) is 0 Å². The fourth-order valence-corrected chi connectivity index (χ4v) is 1.71. The van der Waals surface area contributed by atoms with Crippen LogP contribution in [-0.2, 0) is 0 Å². The first kappa shape index (κ1) is 13.1. The molecule has 0 heterocycles. The number of para-hydroxylation sites is 1. The number of rotatable bonds is 2. The molecule has 3 heteroatoms. The third kappa shape index (κ3) is 3.13. The van der Waals surface area contributed by atoms with Crippen molar-refractivity contribution in [2.45, 2.75) is 20.8 Å². The first-order chi connectivity index (χ1) is 9.08. The molecule has 2 aromatic carbocycles. The van der Waals surface area contributed by atoms with Crippen LogP contribution in [0.3, 0.4) is 0 Å². The molecule has 0 spiro atoms. The summed E-state index contributed by atoms with van der Waals surface area (Å²) in [6.07, 6.45) is -0.719. The monoisotopic (exact) mass is 256 g/mol. The van der Waals surface area contributed by atoms with Crippen molar-refractivity contribution in [2.24, 2.45) is 0 Å². The lowest BCUT2D eigenvalue weighted by molar-refractivity contribution is 0.151. The van der Waals surface area contributed by atoms with E-state index in [2.05, 4.69) is 0 Å². The lowest BCUT2D eigenvalue weighted by atomic mass is 10.1. The van der Waals surface area contributed by atoms with Gasteiger partial charge >= 0.3 is 6.16 Å². The van der Waals surface area contributed by atoms with Gasteiger partial charge in [0.05, 0.1) is 0 Å². The second-order valence-corrected chi connectivity index (χ2v) is 4.42. The lowest BCUT2D eigenvalue weighted by Crippen LogP contribution is -2.15. The van der Waals surface area contributed by atoms with Gasteiger partial charge in [0, 0.05) is 0 Å². The van der Waals surface area contributed by atoms with Gasteiger partial charge in [-0.15, -0.1) is 0 Å². The Balaban J connectivity index is 2.10. The number of ether oxygens (including phenoxy) is 2. The molecule has 0 aliphatic carbocycles. The molecule has 0 fully saturated rings. The molecule has 0 N–H and O–H groups in total. The van der Waals surface area contributed by atoms with Gasteiger partial charge in [-0.1, -0.05) is 30.3 Å². The minimum Gasteiger partial charge on any atom is -0.394 e. The molecule has 2 rings (SSSR count). The molecule has 0 saturated carbocycles. The zero-order valence-corrected chi connectivity index (χ0v) is 11.3. The summed E-state index contributed by atoms with van der Waals surface area (Å²) in [6, 6.07) is 12.9. The Morgan fingerprint density at radius 1 is 0.789 bits per heavy atom. The highest BCUT2D eigenvalue weighted by molar-refractivity contribution is 5.68. The molecule has 2 aromatic rings. The van der Waals surface area contributed by atoms with Gasteiger partial charge in [0.25, 0.3) is 0 Å². The molecule has 98 valence electrons. The number of benzene rings is 2. The lowest BCUT2D eigenvalue weighted by Gasteiger charge is -2.10. The molecule has 0 bridgehead atoms. The van der Waals surface area contributed by atoms with Crippen LogP contribution in [0.25, 0.3) is 0 Å². The molecule has 0 amide bonds. The first-order valence-corrected chi connectivity index (χ1v) is 6.09. The normalized spacial score (nSPS) is 10.1. The highest BCUT2D eigenvalue weighted by Crippen LogP contribution is 2.22. The molecule has 0 aromatic heterocycles. The van der Waals surface area contributed by atoms with Crippen molar-refractivity contribution in [3.05, 3.63) is 59.2 Å². The third-order valence-corrected chi connectivity index (χ3v) is 3.04. The van der Waals surface area contributed by atoms with E-state index in [4.69, 9.17) is 9.47 Å². The van der Waals surface area contributed by atoms with E-state index in [0.29, 0.717) is 11.5 Å². The second kappa shape index (κ2) is 5.57. The number of aryl methyl sites for hydroxylation is 2. The van der Waals surface area contributed by atoms with Crippen LogP contribution in [0.15, 0.2) is 42.5 Å². The zero-order valence-electron chi connectivity index (χ0n) is 11.3. The maximum Gasteiger partial charge on any atom is 0.519 e. The van der Waals surface area contributed by atoms with Crippen LogP contribution in [0.1, 0.15) is 16.7 Å². The Labute approximate surface area is 112 Å². The predicted molar refractivity (Wildman–Crippen MR) is 73.7 cm³/mol. The number of hydrogen-bond acceptors (Lipinski definition) is 3. The molecular formula is C16H16O3. The van der Waals surface area contributed by atoms with E-state index in [1.54, 1.807) is 12.1 Å². The van der Waals surface area contributed by atoms with Gasteiger partial charge in [-0.3, -0.25) is 0 Å². The summed E-state index contributed by atoms with van der Waals surface area (Å²) in [7, 11) is 0. The van der Waals surface area contributed by atoms with Crippen molar-refractivity contribution < 1.29 is 14.3 Å². The SMILES string of the molecule is Cc1ccccc1OC(=O)Oc1cccc(C)c1C. The van der Waals surface area contributed by atoms with Crippen molar-refractivity contribution in [3.63, 3.8) is 0 Å². The average molecular weight is 256 g/mol. The fraction of sp³-hybridized carbons (Fsp3) is 0.188. The second-order valence-electron chi connectivity index (χ2n) is 4.42. The van der Waals surface area contributed by atoms with E-state index < -0.39 is 6.16 Å². The van der Waals surface area contributed by atoms with Crippen LogP contribution >= 0.6 is 0 Å². The molecule has 3 nitrogen and oxygen atoms in total. The molecule has 0 unspecified atom stereocenters. The van der Waals surface area contributed by atoms with Gasteiger partial charge in [-0.2, -0.15) is 0 Å². The van der Waals surface area contributed by atoms with Crippen LogP contribution in [-0.4, -0.2) is 6.16 Å². The summed E-state index contributed by atoms with van der Waals surface area (Å²) < 4.78 is 10.4. The van der Waals surface area contributed by atoms with Crippen molar-refractivity contribution in [1.29, 1.82) is 0 Å². The van der Waals surface area contributed by atoms with E-state index in [0.717, 1.165) is 16.7 Å². The van der Waals surface area contributed by atoms with E-state index in [1.165, 1.54) is 0 Å². The highest BCUT2D eigenvalue weighted by atomic mass is 16.7. The summed E-state index contributed by atoms with van der Waals surface area (Å²) in [6.45, 7) is 5.75. The Morgan fingerprint density at radius 2 is 1.37 bits per heavy atom. The van der Waals surface area contributed by atoms with Crippen molar-refractivity contribution in [3.8, 4) is 11.5 Å². The average Bonchev–Trinajstić information content (AvgIpc) is 2.38. The summed E-state index contributed by atoms with van der Waals surface area (Å²) in [4.78, 5) is 11.8. The largest absolute Gasteiger partial charge is 0.519 e. The van der Waals surface area contributed by atoms with E-state index in [9.17, 15) is 4.79 Å². The van der Waals surface area contributed by atoms with E-state index in [-0.39, 0.29) is 0 Å². The predicted octanol–water partition coefficient (Wildman–Crippen LogP) is 4.19. The number of carbonyl (C=O) groups excluding carboxylic acids is 1. The van der Waals surface area contributed by atoms with Gasteiger partial charge in [-0.25, -0.2) is 4.79 Å². The first-order valence-electron chi connectivity index (χ1n) is 6.09. The Hall–Kier alpha value is -2.29. The fourth-order valence-electron chi connectivity index (χ4n) is 1.71. The molecule has 0 radical (unpaired) electrons. The minimum atomic E-state index is -0.719. The van der Waals surface area contributed by atoms with Gasteiger partial charge in [0.2, 0.25) is 0 Å². The summed E-state index contributed by atoms with van der Waals surface area (Å²) in [5.74, 6) is 1.04. The molecule has 19 heavy (non-hydrogen) atoms. The van der Waals surface area contributed by atoms with Crippen LogP contribution in [0.4, 0.5) is 4.79 Å². The van der Waals surface area contributed by atoms with Crippen molar-refractivity contribution in [2.75, 3.05) is 0 Å². The van der Waals surface area contributed by atoms with E-state index >= 15 is 0 Å². The quantitative estimate of drug-likeness (QED) is 0.597. The van der Waals surface area contributed by atoms with Crippen LogP contribution in [0.2, 0.25) is 0 Å². The van der Waals surface area contributed by atoms with Gasteiger partial charge in [0.15, 0.2) is 0 Å². The number of carbonyl (C=O) groups is 1. The molecular weight excluding hydrogens is 240 g/mol. The Morgan fingerprint density at radius 3 is 2.11 bits per heavy atom. The zero-order chi connectivity index (χ0) is 13.8.